The maximum Gasteiger partial charge on any atom is 0.408 e. The summed E-state index contributed by atoms with van der Waals surface area (Å²) in [5.41, 5.74) is 1.83. The summed E-state index contributed by atoms with van der Waals surface area (Å²) < 4.78 is 5.33. The number of carbonyl (C=O) groups is 3. The molecular formula is C29H34ClN3O4. The first-order valence-corrected chi connectivity index (χ1v) is 12.7. The van der Waals surface area contributed by atoms with Crippen molar-refractivity contribution < 1.29 is 19.1 Å². The number of hydrogen-bond acceptors (Lipinski definition) is 4. The third-order valence-corrected chi connectivity index (χ3v) is 6.53. The molecule has 3 rings (SSSR count). The molecule has 8 heteroatoms. The third kappa shape index (κ3) is 7.05. The van der Waals surface area contributed by atoms with E-state index in [0.717, 1.165) is 24.8 Å². The van der Waals surface area contributed by atoms with Crippen LogP contribution in [0.25, 0.3) is 0 Å². The topological polar surface area (TPSA) is 87.7 Å². The number of nitrogens with zero attached hydrogens (tertiary/aromatic N) is 1. The average Bonchev–Trinajstić information content (AvgIpc) is 2.78. The maximum atomic E-state index is 13.9. The second-order valence-electron chi connectivity index (χ2n) is 10.3. The Balaban J connectivity index is 1.99. The second-order valence-corrected chi connectivity index (χ2v) is 10.7. The van der Waals surface area contributed by atoms with Crippen molar-refractivity contribution in [3.63, 3.8) is 0 Å². The lowest BCUT2D eigenvalue weighted by Gasteiger charge is -2.43. The van der Waals surface area contributed by atoms with Crippen molar-refractivity contribution in [1.29, 1.82) is 0 Å². The van der Waals surface area contributed by atoms with Crippen LogP contribution < -0.4 is 10.6 Å². The summed E-state index contributed by atoms with van der Waals surface area (Å²) in [6.07, 6.45) is 7.27. The monoisotopic (exact) mass is 523 g/mol. The lowest BCUT2D eigenvalue weighted by Crippen LogP contribution is -2.56. The first-order valence-electron chi connectivity index (χ1n) is 12.4. The van der Waals surface area contributed by atoms with Crippen LogP contribution >= 0.6 is 11.6 Å². The van der Waals surface area contributed by atoms with Gasteiger partial charge in [-0.05, 0) is 83.2 Å². The van der Waals surface area contributed by atoms with Crippen LogP contribution in [0.15, 0.2) is 42.5 Å². The summed E-state index contributed by atoms with van der Waals surface area (Å²) in [5.74, 6) is 1.78. The van der Waals surface area contributed by atoms with Gasteiger partial charge in [0.05, 0.1) is 10.7 Å². The van der Waals surface area contributed by atoms with E-state index in [0.29, 0.717) is 21.8 Å². The molecule has 2 aromatic rings. The smallest absolute Gasteiger partial charge is 0.408 e. The number of para-hydroxylation sites is 1. The molecule has 7 nitrogen and oxygen atoms in total. The van der Waals surface area contributed by atoms with Crippen molar-refractivity contribution in [3.05, 3.63) is 64.2 Å². The molecule has 1 aliphatic carbocycles. The summed E-state index contributed by atoms with van der Waals surface area (Å²) in [4.78, 5) is 41.7. The van der Waals surface area contributed by atoms with Crippen LogP contribution in [0.5, 0.6) is 0 Å². The van der Waals surface area contributed by atoms with E-state index in [1.165, 1.54) is 0 Å². The van der Waals surface area contributed by atoms with Crippen molar-refractivity contribution in [2.45, 2.75) is 77.6 Å². The number of alkyl carbamates (subject to hydrolysis) is 1. The van der Waals surface area contributed by atoms with Gasteiger partial charge in [0.2, 0.25) is 5.91 Å². The molecule has 1 saturated carbocycles. The highest BCUT2D eigenvalue weighted by Crippen LogP contribution is 2.35. The minimum absolute atomic E-state index is 0.161. The van der Waals surface area contributed by atoms with E-state index in [1.54, 1.807) is 69.0 Å². The predicted octanol–water partition coefficient (Wildman–Crippen LogP) is 5.60. The van der Waals surface area contributed by atoms with E-state index >= 15 is 0 Å². The highest BCUT2D eigenvalue weighted by molar-refractivity contribution is 6.34. The number of halogens is 1. The number of aryl methyl sites for hydroxylation is 1. The Bertz CT molecular complexity index is 1170. The number of ether oxygens (including phenoxy) is 1. The molecule has 2 aromatic carbocycles. The SMILES string of the molecule is C#Cc1ccc(C(C(=O)Nc2c(C)cccc2Cl)N(C(=O)C(C)NC(=O)OC(C)(C)C)C2CCC2)cc1. The second kappa shape index (κ2) is 11.7. The van der Waals surface area contributed by atoms with Crippen LogP contribution in [0, 0.1) is 19.3 Å². The Morgan fingerprint density at radius 2 is 1.78 bits per heavy atom. The summed E-state index contributed by atoms with van der Waals surface area (Å²) in [7, 11) is 0. The van der Waals surface area contributed by atoms with Gasteiger partial charge in [-0.25, -0.2) is 4.79 Å². The van der Waals surface area contributed by atoms with Crippen LogP contribution in [-0.4, -0.2) is 40.5 Å². The van der Waals surface area contributed by atoms with E-state index in [1.807, 2.05) is 13.0 Å². The predicted molar refractivity (Wildman–Crippen MR) is 145 cm³/mol. The molecule has 0 radical (unpaired) electrons. The number of terminal acetylenes is 1. The number of carbonyl (C=O) groups excluding carboxylic acids is 3. The molecule has 2 atom stereocenters. The molecule has 0 aliphatic heterocycles. The molecule has 2 unspecified atom stereocenters. The lowest BCUT2D eigenvalue weighted by atomic mass is 9.88. The number of nitrogens with one attached hydrogen (secondary N) is 2. The molecule has 0 saturated heterocycles. The summed E-state index contributed by atoms with van der Waals surface area (Å²) in [6, 6.07) is 10.3. The van der Waals surface area contributed by atoms with Crippen LogP contribution in [-0.2, 0) is 14.3 Å². The Morgan fingerprint density at radius 1 is 1.14 bits per heavy atom. The summed E-state index contributed by atoms with van der Waals surface area (Å²) in [5, 5.41) is 5.96. The fourth-order valence-corrected chi connectivity index (χ4v) is 4.40. The normalized spacial score (nSPS) is 14.9. The number of anilines is 1. The lowest BCUT2D eigenvalue weighted by molar-refractivity contribution is -0.145. The Morgan fingerprint density at radius 3 is 2.30 bits per heavy atom. The minimum atomic E-state index is -0.969. The van der Waals surface area contributed by atoms with Crippen LogP contribution in [0.4, 0.5) is 10.5 Å². The van der Waals surface area contributed by atoms with Gasteiger partial charge in [-0.2, -0.15) is 0 Å². The van der Waals surface area contributed by atoms with Crippen molar-refractivity contribution in [2.24, 2.45) is 0 Å². The third-order valence-electron chi connectivity index (χ3n) is 6.22. The molecule has 0 aromatic heterocycles. The van der Waals surface area contributed by atoms with Gasteiger partial charge in [0.15, 0.2) is 0 Å². The molecule has 1 fully saturated rings. The van der Waals surface area contributed by atoms with Crippen LogP contribution in [0.2, 0.25) is 5.02 Å². The van der Waals surface area contributed by atoms with E-state index in [-0.39, 0.29) is 11.9 Å². The summed E-state index contributed by atoms with van der Waals surface area (Å²) in [6.45, 7) is 8.68. The molecular weight excluding hydrogens is 490 g/mol. The van der Waals surface area contributed by atoms with E-state index in [9.17, 15) is 14.4 Å². The molecule has 2 N–H and O–H groups in total. The molecule has 0 spiro atoms. The zero-order valence-electron chi connectivity index (χ0n) is 21.9. The van der Waals surface area contributed by atoms with Crippen molar-refractivity contribution in [2.75, 3.05) is 5.32 Å². The van der Waals surface area contributed by atoms with Gasteiger partial charge in [-0.3, -0.25) is 9.59 Å². The first kappa shape index (κ1) is 28.1. The zero-order valence-corrected chi connectivity index (χ0v) is 22.7. The Labute approximate surface area is 223 Å². The van der Waals surface area contributed by atoms with E-state index in [2.05, 4.69) is 16.6 Å². The highest BCUT2D eigenvalue weighted by atomic mass is 35.5. The molecule has 0 bridgehead atoms. The summed E-state index contributed by atoms with van der Waals surface area (Å²) >= 11 is 6.39. The van der Waals surface area contributed by atoms with E-state index < -0.39 is 29.7 Å². The van der Waals surface area contributed by atoms with Gasteiger partial charge in [0, 0.05) is 11.6 Å². The molecule has 196 valence electrons. The maximum absolute atomic E-state index is 13.9. The largest absolute Gasteiger partial charge is 0.444 e. The molecule has 3 amide bonds. The fourth-order valence-electron chi connectivity index (χ4n) is 4.13. The van der Waals surface area contributed by atoms with Crippen LogP contribution in [0.1, 0.15) is 69.7 Å². The quantitative estimate of drug-likeness (QED) is 0.462. The fraction of sp³-hybridized carbons (Fsp3) is 0.414. The molecule has 37 heavy (non-hydrogen) atoms. The Hall–Kier alpha value is -3.50. The zero-order chi connectivity index (χ0) is 27.3. The first-order chi connectivity index (χ1) is 17.4. The van der Waals surface area contributed by atoms with E-state index in [4.69, 9.17) is 22.8 Å². The van der Waals surface area contributed by atoms with Crippen molar-refractivity contribution in [1.82, 2.24) is 10.2 Å². The average molecular weight is 524 g/mol. The number of benzene rings is 2. The van der Waals surface area contributed by atoms with Gasteiger partial charge >= 0.3 is 6.09 Å². The van der Waals surface area contributed by atoms with Gasteiger partial charge in [0.25, 0.3) is 5.91 Å². The van der Waals surface area contributed by atoms with Gasteiger partial charge in [-0.1, -0.05) is 41.8 Å². The molecule has 0 heterocycles. The number of amides is 3. The van der Waals surface area contributed by atoms with Crippen LogP contribution in [0.3, 0.4) is 0 Å². The van der Waals surface area contributed by atoms with Gasteiger partial charge in [0.1, 0.15) is 17.7 Å². The number of hydrogen-bond donors (Lipinski definition) is 2. The van der Waals surface area contributed by atoms with Crippen molar-refractivity contribution >= 4 is 35.2 Å². The molecule has 1 aliphatic rings. The minimum Gasteiger partial charge on any atom is -0.444 e. The standard InChI is InChI=1S/C29H34ClN3O4/c1-7-20-14-16-21(17-15-20)25(26(34)32-24-18(2)10-8-13-23(24)30)33(22-11-9-12-22)27(35)19(3)31-28(36)37-29(4,5)6/h1,8,10,13-17,19,22,25H,9,11-12H2,2-6H3,(H,31,36)(H,32,34). The highest BCUT2D eigenvalue weighted by Gasteiger charge is 2.41. The Kier molecular flexibility index (Phi) is 8.88. The van der Waals surface area contributed by atoms with Gasteiger partial charge < -0.3 is 20.3 Å². The number of rotatable bonds is 7. The van der Waals surface area contributed by atoms with Crippen molar-refractivity contribution in [3.8, 4) is 12.3 Å². The van der Waals surface area contributed by atoms with Gasteiger partial charge in [-0.15, -0.1) is 6.42 Å².